The highest BCUT2D eigenvalue weighted by Crippen LogP contribution is 2.57. The number of β-amino-alcohol motifs (C(OH)–C–C–N with tert-alkyl or cyclic N) is 1. The smallest absolute Gasteiger partial charge is 0.112 e. The molecule has 0 aliphatic heterocycles. The van der Waals surface area contributed by atoms with Crippen LogP contribution in [-0.4, -0.2) is 23.8 Å². The predicted molar refractivity (Wildman–Crippen MR) is 60.5 cm³/mol. The second kappa shape index (κ2) is 3.72. The van der Waals surface area contributed by atoms with Crippen LogP contribution in [0, 0.1) is 35.0 Å². The van der Waals surface area contributed by atoms with Crippen LogP contribution in [0.5, 0.6) is 0 Å². The van der Waals surface area contributed by atoms with Crippen LogP contribution in [0.2, 0.25) is 0 Å². The Labute approximate surface area is 96.8 Å². The summed E-state index contributed by atoms with van der Waals surface area (Å²) in [6, 6.07) is 2.57. The van der Waals surface area contributed by atoms with Crippen molar-refractivity contribution < 1.29 is 5.11 Å². The van der Waals surface area contributed by atoms with Gasteiger partial charge in [0.05, 0.1) is 12.7 Å². The van der Waals surface area contributed by atoms with Gasteiger partial charge in [-0.3, -0.25) is 5.32 Å². The van der Waals surface area contributed by atoms with E-state index < -0.39 is 0 Å². The van der Waals surface area contributed by atoms with Crippen LogP contribution >= 0.6 is 0 Å². The molecular weight excluding hydrogens is 200 g/mol. The maximum atomic E-state index is 9.58. The first kappa shape index (κ1) is 10.6. The van der Waals surface area contributed by atoms with Gasteiger partial charge in [-0.2, -0.15) is 5.26 Å². The monoisotopic (exact) mass is 220 g/mol. The molecule has 4 aliphatic carbocycles. The Morgan fingerprint density at radius 1 is 1.12 bits per heavy atom. The average Bonchev–Trinajstić information content (AvgIpc) is 2.28. The predicted octanol–water partition coefficient (Wildman–Crippen LogP) is 1.29. The van der Waals surface area contributed by atoms with Gasteiger partial charge in [0.15, 0.2) is 0 Å². The minimum absolute atomic E-state index is 0.135. The maximum Gasteiger partial charge on any atom is 0.112 e. The van der Waals surface area contributed by atoms with Gasteiger partial charge in [-0.15, -0.1) is 0 Å². The number of nitriles is 1. The first-order valence-corrected chi connectivity index (χ1v) is 6.55. The van der Waals surface area contributed by atoms with Gasteiger partial charge in [0, 0.05) is 6.54 Å². The molecule has 0 spiro atoms. The second-order valence-electron chi connectivity index (χ2n) is 5.94. The molecule has 4 saturated carbocycles. The van der Waals surface area contributed by atoms with Crippen molar-refractivity contribution in [2.75, 3.05) is 13.2 Å². The maximum absolute atomic E-state index is 9.58. The Bertz CT molecular complexity index is 292. The normalized spacial score (nSPS) is 49.2. The molecule has 0 atom stereocenters. The third kappa shape index (κ3) is 1.33. The number of hydrogen-bond donors (Lipinski definition) is 2. The van der Waals surface area contributed by atoms with E-state index in [1.54, 1.807) is 0 Å². The fraction of sp³-hybridized carbons (Fsp3) is 0.923. The molecule has 3 heteroatoms. The third-order valence-electron chi connectivity index (χ3n) is 5.14. The van der Waals surface area contributed by atoms with Crippen molar-refractivity contribution in [3.05, 3.63) is 0 Å². The second-order valence-corrected chi connectivity index (χ2v) is 5.94. The Balaban J connectivity index is 1.86. The summed E-state index contributed by atoms with van der Waals surface area (Å²) < 4.78 is 0. The topological polar surface area (TPSA) is 56.0 Å². The van der Waals surface area contributed by atoms with Crippen LogP contribution in [0.15, 0.2) is 0 Å². The van der Waals surface area contributed by atoms with E-state index in [0.29, 0.717) is 18.4 Å². The highest BCUT2D eigenvalue weighted by molar-refractivity contribution is 5.21. The van der Waals surface area contributed by atoms with Gasteiger partial charge in [-0.25, -0.2) is 0 Å². The van der Waals surface area contributed by atoms with Crippen molar-refractivity contribution >= 4 is 0 Å². The first-order valence-electron chi connectivity index (χ1n) is 6.55. The lowest BCUT2D eigenvalue weighted by atomic mass is 9.49. The Morgan fingerprint density at radius 2 is 1.69 bits per heavy atom. The number of hydrogen-bond acceptors (Lipinski definition) is 3. The van der Waals surface area contributed by atoms with E-state index in [9.17, 15) is 5.26 Å². The molecule has 0 aromatic carbocycles. The van der Waals surface area contributed by atoms with E-state index >= 15 is 0 Å². The van der Waals surface area contributed by atoms with E-state index in [1.165, 1.54) is 32.1 Å². The number of nitrogens with zero attached hydrogens (tertiary/aromatic N) is 1. The van der Waals surface area contributed by atoms with Crippen molar-refractivity contribution in [1.29, 1.82) is 5.26 Å². The largest absolute Gasteiger partial charge is 0.395 e. The average molecular weight is 220 g/mol. The van der Waals surface area contributed by atoms with Crippen LogP contribution in [0.25, 0.3) is 0 Å². The molecule has 0 saturated heterocycles. The van der Waals surface area contributed by atoms with E-state index in [0.717, 1.165) is 11.8 Å². The van der Waals surface area contributed by atoms with Gasteiger partial charge in [0.1, 0.15) is 5.54 Å². The zero-order valence-electron chi connectivity index (χ0n) is 9.65. The molecule has 88 valence electrons. The summed E-state index contributed by atoms with van der Waals surface area (Å²) in [6.45, 7) is 0.700. The molecule has 0 amide bonds. The Hall–Kier alpha value is -0.590. The van der Waals surface area contributed by atoms with Gasteiger partial charge in [0.2, 0.25) is 0 Å². The molecule has 3 nitrogen and oxygen atoms in total. The van der Waals surface area contributed by atoms with Crippen molar-refractivity contribution in [3.63, 3.8) is 0 Å². The molecule has 2 N–H and O–H groups in total. The molecule has 4 rings (SSSR count). The van der Waals surface area contributed by atoms with E-state index in [4.69, 9.17) is 5.11 Å². The van der Waals surface area contributed by atoms with Crippen molar-refractivity contribution in [1.82, 2.24) is 5.32 Å². The molecule has 4 aliphatic rings. The van der Waals surface area contributed by atoms with Crippen LogP contribution < -0.4 is 5.32 Å². The summed E-state index contributed by atoms with van der Waals surface area (Å²) in [5, 5.41) is 21.9. The lowest BCUT2D eigenvalue weighted by Crippen LogP contribution is -2.64. The fourth-order valence-corrected chi connectivity index (χ4v) is 4.70. The summed E-state index contributed by atoms with van der Waals surface area (Å²) in [5.41, 5.74) is -0.309. The summed E-state index contributed by atoms with van der Waals surface area (Å²) in [7, 11) is 0. The van der Waals surface area contributed by atoms with E-state index in [-0.39, 0.29) is 12.1 Å². The van der Waals surface area contributed by atoms with Gasteiger partial charge < -0.3 is 5.11 Å². The van der Waals surface area contributed by atoms with Crippen LogP contribution in [0.3, 0.4) is 0 Å². The lowest BCUT2D eigenvalue weighted by Gasteiger charge is -2.58. The minimum Gasteiger partial charge on any atom is -0.395 e. The standard InChI is InChI=1S/C13H20N2O/c14-8-13(15-1-2-16)11-4-9-3-10(6-11)7-12(13)5-9/h9-12,15-16H,1-7H2. The fourth-order valence-electron chi connectivity index (χ4n) is 4.70. The molecule has 4 fully saturated rings. The molecule has 0 heterocycles. The SMILES string of the molecule is N#CC1(NCCO)C2CC3CC(C2)CC1C3. The Kier molecular flexibility index (Phi) is 2.45. The molecule has 16 heavy (non-hydrogen) atoms. The number of aliphatic hydroxyl groups is 1. The molecule has 0 unspecified atom stereocenters. The van der Waals surface area contributed by atoms with Gasteiger partial charge >= 0.3 is 0 Å². The van der Waals surface area contributed by atoms with E-state index in [1.807, 2.05) is 0 Å². The zero-order chi connectivity index (χ0) is 11.2. The molecular formula is C13H20N2O. The summed E-state index contributed by atoms with van der Waals surface area (Å²) in [6.07, 6.45) is 6.35. The minimum atomic E-state index is -0.309. The van der Waals surface area contributed by atoms with E-state index in [2.05, 4.69) is 11.4 Å². The van der Waals surface area contributed by atoms with Crippen molar-refractivity contribution in [2.24, 2.45) is 23.7 Å². The quantitative estimate of drug-likeness (QED) is 0.753. The molecule has 0 aromatic heterocycles. The summed E-state index contributed by atoms with van der Waals surface area (Å²) in [5.74, 6) is 2.86. The summed E-state index contributed by atoms with van der Waals surface area (Å²) in [4.78, 5) is 0. The van der Waals surface area contributed by atoms with Crippen LogP contribution in [-0.2, 0) is 0 Å². The molecule has 4 bridgehead atoms. The highest BCUT2D eigenvalue weighted by atomic mass is 16.3. The number of rotatable bonds is 3. The number of nitrogens with one attached hydrogen (secondary N) is 1. The third-order valence-corrected chi connectivity index (χ3v) is 5.14. The van der Waals surface area contributed by atoms with Crippen LogP contribution in [0.4, 0.5) is 0 Å². The first-order chi connectivity index (χ1) is 7.78. The van der Waals surface area contributed by atoms with Gasteiger partial charge in [-0.1, -0.05) is 0 Å². The number of aliphatic hydroxyl groups excluding tert-OH is 1. The highest BCUT2D eigenvalue weighted by Gasteiger charge is 2.57. The summed E-state index contributed by atoms with van der Waals surface area (Å²) >= 11 is 0. The lowest BCUT2D eigenvalue weighted by molar-refractivity contribution is -0.0475. The molecule has 0 radical (unpaired) electrons. The van der Waals surface area contributed by atoms with Crippen LogP contribution in [0.1, 0.15) is 32.1 Å². The molecule has 0 aromatic rings. The van der Waals surface area contributed by atoms with Gasteiger partial charge in [-0.05, 0) is 55.8 Å². The zero-order valence-corrected chi connectivity index (χ0v) is 9.65. The van der Waals surface area contributed by atoms with Gasteiger partial charge in [0.25, 0.3) is 0 Å². The van der Waals surface area contributed by atoms with Crippen molar-refractivity contribution in [2.45, 2.75) is 37.6 Å². The Morgan fingerprint density at radius 3 is 2.12 bits per heavy atom. The van der Waals surface area contributed by atoms with Crippen molar-refractivity contribution in [3.8, 4) is 6.07 Å².